The van der Waals surface area contributed by atoms with Crippen LogP contribution in [0.5, 0.6) is 0 Å². The van der Waals surface area contributed by atoms with Crippen molar-refractivity contribution in [3.8, 4) is 0 Å². The molecule has 6 fully saturated rings. The minimum Gasteiger partial charge on any atom is -0.790 e. The van der Waals surface area contributed by atoms with Gasteiger partial charge in [0.1, 0.15) is 146 Å². The van der Waals surface area contributed by atoms with Crippen LogP contribution < -0.4 is 19.6 Å². The molecule has 17 N–H and O–H groups in total. The van der Waals surface area contributed by atoms with Gasteiger partial charge >= 0.3 is 0 Å². The molecule has 6 heterocycles. The Hall–Kier alpha value is -1.47. The minimum absolute atomic E-state index is 0.776. The van der Waals surface area contributed by atoms with E-state index in [1.54, 1.807) is 0 Å². The zero-order chi connectivity index (χ0) is 59.3. The van der Waals surface area contributed by atoms with E-state index in [2.05, 4.69) is 14.2 Å². The van der Waals surface area contributed by atoms with Crippen LogP contribution in [0.2, 0.25) is 0 Å². The largest absolute Gasteiger partial charge is 0.790 e. The molecule has 6 rings (SSSR count). The molecule has 6 aliphatic heterocycles. The molecule has 0 aromatic rings. The van der Waals surface area contributed by atoms with Gasteiger partial charge in [0.25, 0.3) is 0 Å². The molecule has 6 aliphatic rings. The van der Waals surface area contributed by atoms with Gasteiger partial charge in [-0.1, -0.05) is 5.16 Å². The second-order valence-electron chi connectivity index (χ2n) is 18.7. The first-order chi connectivity index (χ1) is 37.5. The third-order valence-corrected chi connectivity index (χ3v) is 14.2. The van der Waals surface area contributed by atoms with Crippen LogP contribution in [-0.2, 0) is 79.9 Å². The summed E-state index contributed by atoms with van der Waals surface area (Å²) in [6.07, 6.45) is -60.6. The summed E-state index contributed by atoms with van der Waals surface area (Å²) in [7, 11) is -11.4. The van der Waals surface area contributed by atoms with E-state index in [1.165, 1.54) is 13.1 Å². The summed E-state index contributed by atoms with van der Waals surface area (Å²) in [5.41, 5.74) is 0. The third kappa shape index (κ3) is 16.5. The van der Waals surface area contributed by atoms with Gasteiger partial charge in [-0.2, -0.15) is 0 Å². The average molecular weight is 1220 g/mol. The smallest absolute Gasteiger partial charge is 0.219 e. The lowest BCUT2D eigenvalue weighted by molar-refractivity contribution is -0.394. The molecule has 0 bridgehead atoms. The minimum atomic E-state index is -5.71. The average Bonchev–Trinajstić information content (AvgIpc) is 3.40. The predicted molar refractivity (Wildman–Crippen MR) is 231 cm³/mol. The standard InChI is InChI=1S/C39H69NO38P2/c1-2-40-67-9-66-35-30(57)31(76-39-33(26(53)17(44)11(4-42)71-39)78-37-29(56)24(51)20(47)15(75-37)8-69-80(61,62)63)21(48)13(73-35)6-64-34-27(54)22(49)18(45)12(72-34)5-65-38-32(25(52)16(43)10(3-41)70-38)77-36-28(55)23(50)19(46)14(74-36)7-68-79(58,59)60/h2,10-39,41-57H,3-9H2,1H3,(H2,58,59,60)(H2,61,62,63)/p-4/t10?,11?,12?,13?,14?,15?,16-,17-,18-,19-,20-,21-,22+,23+,24+,25+,26+,27?,28?,29?,30?,31+,32?,33?,34+,35-,36-,37-,38+,39-/m1/s1. The lowest BCUT2D eigenvalue weighted by Crippen LogP contribution is -2.67. The van der Waals surface area contributed by atoms with Crippen molar-refractivity contribution in [2.45, 2.75) is 191 Å². The van der Waals surface area contributed by atoms with Crippen LogP contribution in [0.25, 0.3) is 0 Å². The highest BCUT2D eigenvalue weighted by atomic mass is 31.2. The van der Waals surface area contributed by atoms with Crippen LogP contribution >= 0.6 is 15.6 Å². The molecule has 41 heteroatoms. The Morgan fingerprint density at radius 3 is 1.16 bits per heavy atom. The Morgan fingerprint density at radius 1 is 0.388 bits per heavy atom. The molecule has 0 radical (unpaired) electrons. The molecule has 12 unspecified atom stereocenters. The van der Waals surface area contributed by atoms with Crippen molar-refractivity contribution in [2.24, 2.45) is 5.16 Å². The van der Waals surface area contributed by atoms with Gasteiger partial charge in [0, 0.05) is 6.21 Å². The zero-order valence-corrected chi connectivity index (χ0v) is 43.2. The molecule has 0 aromatic heterocycles. The van der Waals surface area contributed by atoms with Gasteiger partial charge in [0.15, 0.2) is 37.7 Å². The number of hydrogen-bond donors (Lipinski definition) is 17. The van der Waals surface area contributed by atoms with E-state index in [1.807, 2.05) is 0 Å². The van der Waals surface area contributed by atoms with Crippen molar-refractivity contribution >= 4 is 21.9 Å². The topological polar surface area (TPSA) is 621 Å². The second kappa shape index (κ2) is 29.3. The summed E-state index contributed by atoms with van der Waals surface area (Å²) in [6, 6.07) is 0. The number of rotatable bonds is 24. The summed E-state index contributed by atoms with van der Waals surface area (Å²) in [5.74, 6) is 0. The Morgan fingerprint density at radius 2 is 0.725 bits per heavy atom. The van der Waals surface area contributed by atoms with Crippen molar-refractivity contribution in [3.63, 3.8) is 0 Å². The van der Waals surface area contributed by atoms with Crippen LogP contribution in [0.4, 0.5) is 0 Å². The van der Waals surface area contributed by atoms with Crippen molar-refractivity contribution in [1.82, 2.24) is 0 Å². The summed E-state index contributed by atoms with van der Waals surface area (Å²) in [4.78, 5) is 49.4. The first-order valence-electron chi connectivity index (χ1n) is 24.1. The van der Waals surface area contributed by atoms with Crippen molar-refractivity contribution in [1.29, 1.82) is 0 Å². The molecule has 39 nitrogen and oxygen atoms in total. The molecule has 0 aliphatic carbocycles. The van der Waals surface area contributed by atoms with Gasteiger partial charge in [0.2, 0.25) is 6.79 Å². The summed E-state index contributed by atoms with van der Waals surface area (Å²) in [5, 5.41) is 186. The van der Waals surface area contributed by atoms with Crippen molar-refractivity contribution in [2.75, 3.05) is 46.4 Å². The number of hydrogen-bond acceptors (Lipinski definition) is 39. The van der Waals surface area contributed by atoms with Gasteiger partial charge < -0.3 is 186 Å². The van der Waals surface area contributed by atoms with E-state index in [0.29, 0.717) is 0 Å². The summed E-state index contributed by atoms with van der Waals surface area (Å²) < 4.78 is 97.6. The lowest BCUT2D eigenvalue weighted by Gasteiger charge is -2.49. The maximum Gasteiger partial charge on any atom is 0.219 e. The van der Waals surface area contributed by atoms with Gasteiger partial charge in [-0.3, -0.25) is 0 Å². The summed E-state index contributed by atoms with van der Waals surface area (Å²) in [6.45, 7) is -5.70. The Kier molecular flexibility index (Phi) is 24.8. The highest BCUT2D eigenvalue weighted by Crippen LogP contribution is 2.37. The molecule has 0 spiro atoms. The maximum absolute atomic E-state index is 11.7. The fourth-order valence-corrected chi connectivity index (χ4v) is 9.54. The number of nitrogens with zero attached hydrogens (tertiary/aromatic N) is 1. The third-order valence-electron chi connectivity index (χ3n) is 13.3. The van der Waals surface area contributed by atoms with E-state index >= 15 is 0 Å². The fraction of sp³-hybridized carbons (Fsp3) is 0.974. The second-order valence-corrected chi connectivity index (χ2v) is 21.0. The fourth-order valence-electron chi connectivity index (χ4n) is 8.89. The van der Waals surface area contributed by atoms with Gasteiger partial charge in [-0.05, 0) is 6.92 Å². The quantitative estimate of drug-likeness (QED) is 0.0140. The van der Waals surface area contributed by atoms with Crippen molar-refractivity contribution < 1.29 is 186 Å². The molecule has 0 aromatic carbocycles. The monoisotopic (exact) mass is 1220 g/mol. The molecule has 468 valence electrons. The van der Waals surface area contributed by atoms with E-state index in [0.717, 1.165) is 0 Å². The molecule has 80 heavy (non-hydrogen) atoms. The van der Waals surface area contributed by atoms with Crippen LogP contribution in [0.3, 0.4) is 0 Å². The highest BCUT2D eigenvalue weighted by Gasteiger charge is 2.56. The number of oxime groups is 1. The molecule has 30 atom stereocenters. The lowest BCUT2D eigenvalue weighted by atomic mass is 9.96. The van der Waals surface area contributed by atoms with Gasteiger partial charge in [0.05, 0.1) is 55.3 Å². The van der Waals surface area contributed by atoms with E-state index in [4.69, 9.17) is 61.7 Å². The molecule has 6 saturated heterocycles. The van der Waals surface area contributed by atoms with E-state index in [-0.39, 0.29) is 0 Å². The highest BCUT2D eigenvalue weighted by molar-refractivity contribution is 7.43. The number of ether oxygens (including phenoxy) is 12. The van der Waals surface area contributed by atoms with Gasteiger partial charge in [-0.15, -0.1) is 0 Å². The number of aliphatic hydroxyl groups is 17. The van der Waals surface area contributed by atoms with Crippen LogP contribution in [0, 0.1) is 0 Å². The number of aliphatic hydroxyl groups excluding tert-OH is 17. The molecular formula is C39H65NO38P2-4. The molecule has 0 amide bonds. The number of phosphoric ester groups is 2. The SMILES string of the molecule is CC=NOCO[C@@H]1OC(CO[C@H]2OC(CO[C@H]3OC(CO)[C@@H](O)[C@H](O)C3O[C@H]3OC(COP(=O)([O-])[O-])[C@@H](O)[C@H](O)C3O)[C@@H](O)[C@H](O)C2O)[C@@H](O)[C@H](O[C@H]2OC(CO)[C@@H](O)[C@H](O)C2O[C@H]2OC(COP(=O)([O-])[O-])[C@@H](O)[C@H](O)C2O)C1O. The van der Waals surface area contributed by atoms with Crippen molar-refractivity contribution in [3.05, 3.63) is 0 Å². The first kappa shape index (κ1) is 67.7. The molecule has 0 saturated carbocycles. The van der Waals surface area contributed by atoms with Crippen LogP contribution in [0.15, 0.2) is 5.16 Å². The molecular weight excluding hydrogens is 1150 g/mol. The predicted octanol–water partition coefficient (Wildman–Crippen LogP) is -15.4. The zero-order valence-electron chi connectivity index (χ0n) is 41.4. The summed E-state index contributed by atoms with van der Waals surface area (Å²) >= 11 is 0. The Balaban J connectivity index is 1.18. The Bertz CT molecular complexity index is 2020. The van der Waals surface area contributed by atoms with Crippen LogP contribution in [-0.4, -0.2) is 324 Å². The number of phosphoric acid groups is 2. The Labute approximate surface area is 450 Å². The van der Waals surface area contributed by atoms with Crippen LogP contribution in [0.1, 0.15) is 6.92 Å². The first-order valence-corrected chi connectivity index (χ1v) is 27.0. The van der Waals surface area contributed by atoms with E-state index in [9.17, 15) is 116 Å². The van der Waals surface area contributed by atoms with Gasteiger partial charge in [-0.25, -0.2) is 0 Å². The normalized spacial score (nSPS) is 47.1. The maximum atomic E-state index is 11.7. The van der Waals surface area contributed by atoms with E-state index < -0.39 is 246 Å².